The van der Waals surface area contributed by atoms with Crippen LogP contribution in [0.4, 0.5) is 10.1 Å². The van der Waals surface area contributed by atoms with E-state index in [2.05, 4.69) is 21.2 Å². The molecule has 0 unspecified atom stereocenters. The summed E-state index contributed by atoms with van der Waals surface area (Å²) in [5.41, 5.74) is 0.585. The molecule has 3 rings (SSSR count). The lowest BCUT2D eigenvalue weighted by Gasteiger charge is -2.29. The molecule has 1 aliphatic rings. The minimum Gasteiger partial charge on any atom is -0.494 e. The number of carbonyl (C=O) groups is 2. The van der Waals surface area contributed by atoms with Crippen molar-refractivity contribution in [2.24, 2.45) is 0 Å². The number of carbonyl (C=O) groups excluding carboxylic acids is 2. The summed E-state index contributed by atoms with van der Waals surface area (Å²) in [6.45, 7) is 0.823. The van der Waals surface area contributed by atoms with E-state index < -0.39 is 0 Å². The number of rotatable bonds is 8. The van der Waals surface area contributed by atoms with Gasteiger partial charge in [-0.3, -0.25) is 14.5 Å². The molecule has 0 atom stereocenters. The molecule has 0 radical (unpaired) electrons. The molecular formula is C20H20BrFN2O4. The number of hydrogen-bond donors (Lipinski definition) is 1. The Hall–Kier alpha value is -2.61. The number of benzene rings is 2. The van der Waals surface area contributed by atoms with Gasteiger partial charge in [-0.2, -0.15) is 0 Å². The van der Waals surface area contributed by atoms with Crippen LogP contribution < -0.4 is 19.7 Å². The first-order valence-electron chi connectivity index (χ1n) is 8.91. The Bertz CT molecular complexity index is 845. The molecule has 28 heavy (non-hydrogen) atoms. The van der Waals surface area contributed by atoms with E-state index in [9.17, 15) is 14.0 Å². The highest BCUT2D eigenvalue weighted by Gasteiger charge is 2.27. The quantitative estimate of drug-likeness (QED) is 0.626. The number of nitrogens with one attached hydrogen (secondary N) is 1. The maximum absolute atomic E-state index is 12.8. The number of anilines is 1. The third-order valence-electron chi connectivity index (χ3n) is 4.14. The van der Waals surface area contributed by atoms with Crippen molar-refractivity contribution < 1.29 is 23.5 Å². The van der Waals surface area contributed by atoms with Gasteiger partial charge in [0.25, 0.3) is 5.91 Å². The van der Waals surface area contributed by atoms with Crippen molar-refractivity contribution in [2.75, 3.05) is 31.2 Å². The van der Waals surface area contributed by atoms with Gasteiger partial charge in [0.15, 0.2) is 6.61 Å². The van der Waals surface area contributed by atoms with E-state index in [-0.39, 0.29) is 30.8 Å². The SMILES string of the molecule is O=C(CN1C(=O)COc2cc(Br)ccc21)NCCCCOc1ccc(F)cc1. The second-order valence-electron chi connectivity index (χ2n) is 6.24. The summed E-state index contributed by atoms with van der Waals surface area (Å²) < 4.78 is 24.6. The highest BCUT2D eigenvalue weighted by Crippen LogP contribution is 2.34. The number of amides is 2. The highest BCUT2D eigenvalue weighted by atomic mass is 79.9. The van der Waals surface area contributed by atoms with E-state index in [1.165, 1.54) is 17.0 Å². The van der Waals surface area contributed by atoms with E-state index in [1.54, 1.807) is 30.3 Å². The highest BCUT2D eigenvalue weighted by molar-refractivity contribution is 9.10. The Labute approximate surface area is 170 Å². The zero-order chi connectivity index (χ0) is 19.9. The van der Waals surface area contributed by atoms with Crippen molar-refractivity contribution in [3.63, 3.8) is 0 Å². The van der Waals surface area contributed by atoms with Gasteiger partial charge >= 0.3 is 0 Å². The van der Waals surface area contributed by atoms with Gasteiger partial charge in [0, 0.05) is 11.0 Å². The topological polar surface area (TPSA) is 67.9 Å². The van der Waals surface area contributed by atoms with E-state index in [4.69, 9.17) is 9.47 Å². The van der Waals surface area contributed by atoms with Gasteiger partial charge in [-0.15, -0.1) is 0 Å². The lowest BCUT2D eigenvalue weighted by atomic mass is 10.2. The van der Waals surface area contributed by atoms with Gasteiger partial charge in [0.2, 0.25) is 5.91 Å². The third-order valence-corrected chi connectivity index (χ3v) is 4.64. The predicted molar refractivity (Wildman–Crippen MR) is 106 cm³/mol. The van der Waals surface area contributed by atoms with Gasteiger partial charge in [0.05, 0.1) is 12.3 Å². The summed E-state index contributed by atoms with van der Waals surface area (Å²) in [6.07, 6.45) is 1.47. The molecule has 1 N–H and O–H groups in total. The molecule has 0 saturated carbocycles. The van der Waals surface area contributed by atoms with Crippen LogP contribution in [0.1, 0.15) is 12.8 Å². The van der Waals surface area contributed by atoms with Crippen LogP contribution in [0.25, 0.3) is 0 Å². The fraction of sp³-hybridized carbons (Fsp3) is 0.300. The van der Waals surface area contributed by atoms with Gasteiger partial charge in [0.1, 0.15) is 23.9 Å². The summed E-state index contributed by atoms with van der Waals surface area (Å²) in [4.78, 5) is 25.7. The average molecular weight is 451 g/mol. The largest absolute Gasteiger partial charge is 0.494 e. The molecule has 148 valence electrons. The maximum Gasteiger partial charge on any atom is 0.265 e. The molecule has 0 bridgehead atoms. The number of unbranched alkanes of at least 4 members (excludes halogenated alkanes) is 1. The van der Waals surface area contributed by atoms with Crippen molar-refractivity contribution >= 4 is 33.4 Å². The number of nitrogens with zero attached hydrogens (tertiary/aromatic N) is 1. The summed E-state index contributed by atoms with van der Waals surface area (Å²) in [5, 5.41) is 2.81. The van der Waals surface area contributed by atoms with Crippen molar-refractivity contribution in [1.82, 2.24) is 5.32 Å². The molecule has 0 aromatic heterocycles. The van der Waals surface area contributed by atoms with Gasteiger partial charge in [-0.1, -0.05) is 15.9 Å². The second-order valence-corrected chi connectivity index (χ2v) is 7.16. The van der Waals surface area contributed by atoms with Crippen LogP contribution in [-0.2, 0) is 9.59 Å². The fourth-order valence-corrected chi connectivity index (χ4v) is 3.07. The van der Waals surface area contributed by atoms with Crippen LogP contribution in [0.2, 0.25) is 0 Å². The molecule has 1 aliphatic heterocycles. The zero-order valence-corrected chi connectivity index (χ0v) is 16.7. The van der Waals surface area contributed by atoms with Crippen LogP contribution in [0.15, 0.2) is 46.9 Å². The van der Waals surface area contributed by atoms with Crippen LogP contribution in [0, 0.1) is 5.82 Å². The normalized spacial score (nSPS) is 12.9. The predicted octanol–water partition coefficient (Wildman–Crippen LogP) is 3.29. The first-order valence-corrected chi connectivity index (χ1v) is 9.70. The van der Waals surface area contributed by atoms with Crippen molar-refractivity contribution in [3.05, 3.63) is 52.8 Å². The van der Waals surface area contributed by atoms with Gasteiger partial charge < -0.3 is 14.8 Å². The first-order chi connectivity index (χ1) is 13.5. The number of ether oxygens (including phenoxy) is 2. The molecule has 0 aliphatic carbocycles. The van der Waals surface area contributed by atoms with E-state index >= 15 is 0 Å². The monoisotopic (exact) mass is 450 g/mol. The minimum atomic E-state index is -0.302. The summed E-state index contributed by atoms with van der Waals surface area (Å²) >= 11 is 3.36. The molecule has 2 amide bonds. The summed E-state index contributed by atoms with van der Waals surface area (Å²) in [6, 6.07) is 11.2. The molecule has 0 spiro atoms. The van der Waals surface area contributed by atoms with Crippen molar-refractivity contribution in [2.45, 2.75) is 12.8 Å². The fourth-order valence-electron chi connectivity index (χ4n) is 2.73. The Morgan fingerprint density at radius 1 is 1.21 bits per heavy atom. The van der Waals surface area contributed by atoms with Crippen molar-refractivity contribution in [3.8, 4) is 11.5 Å². The van der Waals surface area contributed by atoms with Crippen LogP contribution in [0.5, 0.6) is 11.5 Å². The molecular weight excluding hydrogens is 431 g/mol. The average Bonchev–Trinajstić information content (AvgIpc) is 2.68. The summed E-state index contributed by atoms with van der Waals surface area (Å²) in [7, 11) is 0. The Morgan fingerprint density at radius 2 is 2.00 bits per heavy atom. The van der Waals surface area contributed by atoms with Crippen LogP contribution >= 0.6 is 15.9 Å². The van der Waals surface area contributed by atoms with Gasteiger partial charge in [-0.25, -0.2) is 4.39 Å². The summed E-state index contributed by atoms with van der Waals surface area (Å²) in [5.74, 6) is 0.395. The van der Waals surface area contributed by atoms with Gasteiger partial charge in [-0.05, 0) is 55.3 Å². The standard InChI is InChI=1S/C20H20BrFN2O4/c21-14-3-8-17-18(11-14)28-13-20(26)24(17)12-19(25)23-9-1-2-10-27-16-6-4-15(22)5-7-16/h3-8,11H,1-2,9-10,12-13H2,(H,23,25). The zero-order valence-electron chi connectivity index (χ0n) is 15.1. The number of halogens is 2. The minimum absolute atomic E-state index is 0.0527. The molecule has 2 aromatic rings. The first kappa shape index (κ1) is 20.1. The molecule has 0 saturated heterocycles. The molecule has 1 heterocycles. The van der Waals surface area contributed by atoms with Crippen LogP contribution in [-0.4, -0.2) is 38.1 Å². The van der Waals surface area contributed by atoms with E-state index in [0.29, 0.717) is 30.3 Å². The third kappa shape index (κ3) is 5.45. The lowest BCUT2D eigenvalue weighted by molar-refractivity contribution is -0.125. The molecule has 6 nitrogen and oxygen atoms in total. The molecule has 0 fully saturated rings. The lowest BCUT2D eigenvalue weighted by Crippen LogP contribution is -2.45. The molecule has 2 aromatic carbocycles. The number of fused-ring (bicyclic) bond motifs is 1. The second kappa shape index (κ2) is 9.54. The van der Waals surface area contributed by atoms with Crippen molar-refractivity contribution in [1.29, 1.82) is 0 Å². The Balaban J connectivity index is 1.39. The number of hydrogen-bond acceptors (Lipinski definition) is 4. The maximum atomic E-state index is 12.8. The van der Waals surface area contributed by atoms with E-state index in [0.717, 1.165) is 17.3 Å². The Morgan fingerprint density at radius 3 is 2.79 bits per heavy atom. The Kier molecular flexibility index (Phi) is 6.86. The van der Waals surface area contributed by atoms with E-state index in [1.807, 2.05) is 0 Å². The molecule has 8 heteroatoms. The van der Waals surface area contributed by atoms with Crippen LogP contribution in [0.3, 0.4) is 0 Å². The smallest absolute Gasteiger partial charge is 0.265 e.